The highest BCUT2D eigenvalue weighted by molar-refractivity contribution is 6.32. The molecule has 1 spiro atoms. The van der Waals surface area contributed by atoms with Crippen molar-refractivity contribution in [2.75, 3.05) is 26.4 Å². The van der Waals surface area contributed by atoms with Crippen molar-refractivity contribution in [1.29, 1.82) is 0 Å². The second-order valence-electron chi connectivity index (χ2n) is 8.49. The molecule has 1 amide bonds. The number of nitrogens with zero attached hydrogens (tertiary/aromatic N) is 1. The maximum atomic E-state index is 13.2. The van der Waals surface area contributed by atoms with Gasteiger partial charge in [0.05, 0.1) is 11.1 Å². The molecule has 3 aliphatic rings. The molecule has 1 fully saturated rings. The minimum absolute atomic E-state index is 0.0161. The van der Waals surface area contributed by atoms with Crippen LogP contribution in [0.2, 0.25) is 5.02 Å². The Morgan fingerprint density at radius 2 is 1.87 bits per heavy atom. The van der Waals surface area contributed by atoms with E-state index in [0.717, 1.165) is 24.3 Å². The van der Waals surface area contributed by atoms with Gasteiger partial charge in [-0.25, -0.2) is 0 Å². The normalized spacial score (nSPS) is 21.4. The SMILES string of the molecule is CC1c2cc3c(cc2C2(CCCC2)CN1C(=O)COc1ccccc1Cl)OCCO3. The zero-order valence-corrected chi connectivity index (χ0v) is 17.9. The van der Waals surface area contributed by atoms with Crippen LogP contribution in [0.4, 0.5) is 0 Å². The average molecular weight is 428 g/mol. The average Bonchev–Trinajstić information content (AvgIpc) is 3.24. The molecule has 1 unspecified atom stereocenters. The lowest BCUT2D eigenvalue weighted by molar-refractivity contribution is -0.137. The van der Waals surface area contributed by atoms with E-state index in [1.54, 1.807) is 12.1 Å². The van der Waals surface area contributed by atoms with Crippen LogP contribution >= 0.6 is 11.6 Å². The van der Waals surface area contributed by atoms with Crippen LogP contribution in [0.3, 0.4) is 0 Å². The molecule has 5 rings (SSSR count). The second kappa shape index (κ2) is 7.69. The number of rotatable bonds is 3. The third kappa shape index (κ3) is 3.29. The Balaban J connectivity index is 1.45. The fourth-order valence-electron chi connectivity index (χ4n) is 5.19. The molecule has 30 heavy (non-hydrogen) atoms. The van der Waals surface area contributed by atoms with Gasteiger partial charge in [0, 0.05) is 12.0 Å². The molecule has 5 nitrogen and oxygen atoms in total. The first-order valence-corrected chi connectivity index (χ1v) is 11.1. The van der Waals surface area contributed by atoms with Crippen molar-refractivity contribution in [2.24, 2.45) is 0 Å². The molecule has 0 saturated heterocycles. The summed E-state index contributed by atoms with van der Waals surface area (Å²) in [7, 11) is 0. The van der Waals surface area contributed by atoms with Crippen molar-refractivity contribution < 1.29 is 19.0 Å². The van der Waals surface area contributed by atoms with Crippen LogP contribution in [0.15, 0.2) is 36.4 Å². The Hall–Kier alpha value is -2.40. The summed E-state index contributed by atoms with van der Waals surface area (Å²) in [4.78, 5) is 15.2. The molecular formula is C24H26ClNO4. The van der Waals surface area contributed by atoms with Crippen LogP contribution in [0, 0.1) is 0 Å². The summed E-state index contributed by atoms with van der Waals surface area (Å²) in [6.07, 6.45) is 4.53. The number of carbonyl (C=O) groups excluding carboxylic acids is 1. The molecule has 2 aromatic rings. The first-order valence-electron chi connectivity index (χ1n) is 10.7. The molecule has 2 heterocycles. The smallest absolute Gasteiger partial charge is 0.261 e. The van der Waals surface area contributed by atoms with Crippen molar-refractivity contribution in [3.8, 4) is 17.2 Å². The van der Waals surface area contributed by atoms with Gasteiger partial charge in [0.2, 0.25) is 0 Å². The largest absolute Gasteiger partial charge is 0.486 e. The number of carbonyl (C=O) groups is 1. The highest BCUT2D eigenvalue weighted by Crippen LogP contribution is 2.51. The van der Waals surface area contributed by atoms with Gasteiger partial charge in [0.25, 0.3) is 5.91 Å². The number of halogens is 1. The van der Waals surface area contributed by atoms with Crippen LogP contribution in [0.25, 0.3) is 0 Å². The molecule has 2 aromatic carbocycles. The predicted molar refractivity (Wildman–Crippen MR) is 115 cm³/mol. The molecule has 0 bridgehead atoms. The number of hydrogen-bond donors (Lipinski definition) is 0. The Labute approximate surface area is 181 Å². The summed E-state index contributed by atoms with van der Waals surface area (Å²) in [5, 5.41) is 0.512. The van der Waals surface area contributed by atoms with E-state index in [0.29, 0.717) is 30.5 Å². The maximum Gasteiger partial charge on any atom is 0.261 e. The van der Waals surface area contributed by atoms with Gasteiger partial charge in [0.15, 0.2) is 18.1 Å². The number of amides is 1. The summed E-state index contributed by atoms with van der Waals surface area (Å²) in [5.74, 6) is 2.13. The van der Waals surface area contributed by atoms with Gasteiger partial charge in [-0.05, 0) is 55.2 Å². The lowest BCUT2D eigenvalue weighted by Gasteiger charge is -2.46. The molecule has 158 valence electrons. The molecule has 0 N–H and O–H groups in total. The predicted octanol–water partition coefficient (Wildman–Crippen LogP) is 4.91. The van der Waals surface area contributed by atoms with Gasteiger partial charge in [-0.2, -0.15) is 0 Å². The summed E-state index contributed by atoms with van der Waals surface area (Å²) in [6.45, 7) is 3.91. The fraction of sp³-hybridized carbons (Fsp3) is 0.458. The minimum atomic E-state index is -0.0515. The Kier molecular flexibility index (Phi) is 5.02. The van der Waals surface area contributed by atoms with E-state index < -0.39 is 0 Å². The van der Waals surface area contributed by atoms with Gasteiger partial charge in [-0.1, -0.05) is 36.6 Å². The zero-order valence-electron chi connectivity index (χ0n) is 17.2. The second-order valence-corrected chi connectivity index (χ2v) is 8.89. The van der Waals surface area contributed by atoms with E-state index in [9.17, 15) is 4.79 Å². The summed E-state index contributed by atoms with van der Waals surface area (Å²) in [5.41, 5.74) is 2.48. The quantitative estimate of drug-likeness (QED) is 0.698. The van der Waals surface area contributed by atoms with Gasteiger partial charge in [-0.15, -0.1) is 0 Å². The summed E-state index contributed by atoms with van der Waals surface area (Å²) >= 11 is 6.18. The lowest BCUT2D eigenvalue weighted by atomic mass is 9.71. The molecule has 2 aliphatic heterocycles. The number of para-hydroxylation sites is 1. The topological polar surface area (TPSA) is 48.0 Å². The summed E-state index contributed by atoms with van der Waals surface area (Å²) in [6, 6.07) is 11.5. The van der Waals surface area contributed by atoms with Crippen molar-refractivity contribution in [1.82, 2.24) is 4.90 Å². The Morgan fingerprint density at radius 3 is 2.60 bits per heavy atom. The molecule has 0 radical (unpaired) electrons. The van der Waals surface area contributed by atoms with Crippen LogP contribution < -0.4 is 14.2 Å². The van der Waals surface area contributed by atoms with Crippen molar-refractivity contribution in [3.63, 3.8) is 0 Å². The van der Waals surface area contributed by atoms with E-state index in [-0.39, 0.29) is 24.0 Å². The third-order valence-electron chi connectivity index (χ3n) is 6.75. The first-order chi connectivity index (χ1) is 14.6. The summed E-state index contributed by atoms with van der Waals surface area (Å²) < 4.78 is 17.5. The van der Waals surface area contributed by atoms with Gasteiger partial charge in [-0.3, -0.25) is 4.79 Å². The highest BCUT2D eigenvalue weighted by Gasteiger charge is 2.46. The highest BCUT2D eigenvalue weighted by atomic mass is 35.5. The van der Waals surface area contributed by atoms with Gasteiger partial charge in [0.1, 0.15) is 19.0 Å². The fourth-order valence-corrected chi connectivity index (χ4v) is 5.38. The Bertz CT molecular complexity index is 970. The number of fused-ring (bicyclic) bond motifs is 3. The van der Waals surface area contributed by atoms with E-state index in [4.69, 9.17) is 25.8 Å². The number of benzene rings is 2. The number of ether oxygens (including phenoxy) is 3. The van der Waals surface area contributed by atoms with Crippen LogP contribution in [-0.2, 0) is 10.2 Å². The number of hydrogen-bond acceptors (Lipinski definition) is 4. The molecule has 1 saturated carbocycles. The van der Waals surface area contributed by atoms with Crippen LogP contribution in [-0.4, -0.2) is 37.2 Å². The molecule has 1 aliphatic carbocycles. The molecular weight excluding hydrogens is 402 g/mol. The van der Waals surface area contributed by atoms with Crippen LogP contribution in [0.1, 0.15) is 49.8 Å². The Morgan fingerprint density at radius 1 is 1.17 bits per heavy atom. The van der Waals surface area contributed by atoms with Gasteiger partial charge >= 0.3 is 0 Å². The van der Waals surface area contributed by atoms with E-state index in [1.165, 1.54) is 24.0 Å². The third-order valence-corrected chi connectivity index (χ3v) is 7.06. The monoisotopic (exact) mass is 427 g/mol. The molecule has 6 heteroatoms. The van der Waals surface area contributed by atoms with Crippen molar-refractivity contribution in [3.05, 3.63) is 52.5 Å². The van der Waals surface area contributed by atoms with Gasteiger partial charge < -0.3 is 19.1 Å². The lowest BCUT2D eigenvalue weighted by Crippen LogP contribution is -2.50. The van der Waals surface area contributed by atoms with Crippen molar-refractivity contribution in [2.45, 2.75) is 44.1 Å². The van der Waals surface area contributed by atoms with Crippen molar-refractivity contribution >= 4 is 17.5 Å². The van der Waals surface area contributed by atoms with E-state index in [2.05, 4.69) is 19.1 Å². The van der Waals surface area contributed by atoms with E-state index in [1.807, 2.05) is 17.0 Å². The molecule has 0 aromatic heterocycles. The maximum absolute atomic E-state index is 13.2. The van der Waals surface area contributed by atoms with Crippen LogP contribution in [0.5, 0.6) is 17.2 Å². The molecule has 1 atom stereocenters. The first kappa shape index (κ1) is 19.6. The van der Waals surface area contributed by atoms with E-state index >= 15 is 0 Å². The standard InChI is InChI=1S/C24H26ClNO4/c1-16-17-12-21-22(29-11-10-28-21)13-18(17)24(8-4-5-9-24)15-26(16)23(27)14-30-20-7-3-2-6-19(20)25/h2-3,6-7,12-13,16H,4-5,8-11,14-15H2,1H3. The minimum Gasteiger partial charge on any atom is -0.486 e. The zero-order chi connectivity index (χ0) is 20.7.